The lowest BCUT2D eigenvalue weighted by Crippen LogP contribution is -2.01. The van der Waals surface area contributed by atoms with Gasteiger partial charge in [-0.2, -0.15) is 0 Å². The van der Waals surface area contributed by atoms with Crippen molar-refractivity contribution in [2.45, 2.75) is 6.92 Å². The van der Waals surface area contributed by atoms with Crippen molar-refractivity contribution in [1.82, 2.24) is 0 Å². The minimum absolute atomic E-state index is 0.0545. The molecular formula is C18H19NO3. The van der Waals surface area contributed by atoms with E-state index in [2.05, 4.69) is 5.32 Å². The van der Waals surface area contributed by atoms with Crippen LogP contribution < -0.4 is 14.8 Å². The van der Waals surface area contributed by atoms with Gasteiger partial charge in [0.1, 0.15) is 11.5 Å². The molecule has 0 bridgehead atoms. The highest BCUT2D eigenvalue weighted by Crippen LogP contribution is 2.17. The Hall–Kier alpha value is -2.75. The van der Waals surface area contributed by atoms with Crippen LogP contribution in [0.2, 0.25) is 0 Å². The molecule has 0 fully saturated rings. The third kappa shape index (κ3) is 4.12. The van der Waals surface area contributed by atoms with Crippen LogP contribution in [0.4, 0.5) is 5.69 Å². The molecule has 0 heterocycles. The summed E-state index contributed by atoms with van der Waals surface area (Å²) in [6.07, 6.45) is 1.58. The van der Waals surface area contributed by atoms with Gasteiger partial charge >= 0.3 is 0 Å². The third-order valence-corrected chi connectivity index (χ3v) is 3.15. The van der Waals surface area contributed by atoms with Crippen molar-refractivity contribution < 1.29 is 14.3 Å². The van der Waals surface area contributed by atoms with Crippen LogP contribution in [0.25, 0.3) is 0 Å². The van der Waals surface area contributed by atoms with Crippen LogP contribution in [0.1, 0.15) is 17.3 Å². The standard InChI is InChI=1S/C18H19NO3/c1-13(19-15-6-10-17(22-3)11-7-15)12-18(20)14-4-8-16(21-2)9-5-14/h4-12,19H,1-3H3/b13-12-. The fraction of sp³-hybridized carbons (Fsp3) is 0.167. The molecule has 114 valence electrons. The first-order valence-electron chi connectivity index (χ1n) is 6.90. The number of hydrogen-bond acceptors (Lipinski definition) is 4. The Labute approximate surface area is 130 Å². The first-order valence-corrected chi connectivity index (χ1v) is 6.90. The van der Waals surface area contributed by atoms with Crippen LogP contribution in [-0.4, -0.2) is 20.0 Å². The van der Waals surface area contributed by atoms with Crippen molar-refractivity contribution >= 4 is 11.5 Å². The van der Waals surface area contributed by atoms with E-state index >= 15 is 0 Å². The van der Waals surface area contributed by atoms with Gasteiger partial charge in [0.05, 0.1) is 14.2 Å². The first-order chi connectivity index (χ1) is 10.6. The molecule has 22 heavy (non-hydrogen) atoms. The van der Waals surface area contributed by atoms with Crippen molar-refractivity contribution in [1.29, 1.82) is 0 Å². The van der Waals surface area contributed by atoms with Gasteiger partial charge < -0.3 is 14.8 Å². The summed E-state index contributed by atoms with van der Waals surface area (Å²) in [4.78, 5) is 12.2. The lowest BCUT2D eigenvalue weighted by Gasteiger charge is -2.07. The quantitative estimate of drug-likeness (QED) is 0.649. The van der Waals surface area contributed by atoms with Gasteiger partial charge in [-0.05, 0) is 55.5 Å². The predicted octanol–water partition coefficient (Wildman–Crippen LogP) is 3.90. The van der Waals surface area contributed by atoms with E-state index in [0.29, 0.717) is 5.56 Å². The van der Waals surface area contributed by atoms with Crippen LogP contribution in [0, 0.1) is 0 Å². The lowest BCUT2D eigenvalue weighted by molar-refractivity contribution is 0.104. The van der Waals surface area contributed by atoms with Crippen LogP contribution in [0.3, 0.4) is 0 Å². The summed E-state index contributed by atoms with van der Waals surface area (Å²) in [5.41, 5.74) is 2.29. The zero-order valence-electron chi connectivity index (χ0n) is 12.9. The molecule has 0 aliphatic carbocycles. The molecule has 0 aliphatic heterocycles. The smallest absolute Gasteiger partial charge is 0.187 e. The van der Waals surface area contributed by atoms with Crippen LogP contribution in [0.15, 0.2) is 60.3 Å². The summed E-state index contributed by atoms with van der Waals surface area (Å²) in [6, 6.07) is 14.6. The summed E-state index contributed by atoms with van der Waals surface area (Å²) in [5.74, 6) is 1.47. The van der Waals surface area contributed by atoms with Gasteiger partial charge in [0.15, 0.2) is 5.78 Å². The van der Waals surface area contributed by atoms with Crippen molar-refractivity contribution in [3.63, 3.8) is 0 Å². The highest BCUT2D eigenvalue weighted by atomic mass is 16.5. The number of nitrogens with one attached hydrogen (secondary N) is 1. The monoisotopic (exact) mass is 297 g/mol. The summed E-state index contributed by atoms with van der Waals surface area (Å²) < 4.78 is 10.2. The fourth-order valence-electron chi connectivity index (χ4n) is 1.97. The molecule has 4 heteroatoms. The van der Waals surface area contributed by atoms with E-state index in [1.54, 1.807) is 44.6 Å². The molecule has 0 atom stereocenters. The fourth-order valence-corrected chi connectivity index (χ4v) is 1.97. The van der Waals surface area contributed by atoms with E-state index in [0.717, 1.165) is 22.9 Å². The predicted molar refractivity (Wildman–Crippen MR) is 87.7 cm³/mol. The summed E-state index contributed by atoms with van der Waals surface area (Å²) in [6.45, 7) is 1.85. The Morgan fingerprint density at radius 1 is 0.909 bits per heavy atom. The molecule has 0 amide bonds. The average molecular weight is 297 g/mol. The topological polar surface area (TPSA) is 47.6 Å². The Kier molecular flexibility index (Phi) is 5.20. The summed E-state index contributed by atoms with van der Waals surface area (Å²) >= 11 is 0. The molecule has 0 spiro atoms. The molecule has 0 aliphatic rings. The van der Waals surface area contributed by atoms with Gasteiger partial charge in [-0.25, -0.2) is 0 Å². The maximum absolute atomic E-state index is 12.2. The van der Waals surface area contributed by atoms with Crippen LogP contribution in [-0.2, 0) is 0 Å². The number of ether oxygens (including phenoxy) is 2. The first kappa shape index (κ1) is 15.6. The number of hydrogen-bond donors (Lipinski definition) is 1. The highest BCUT2D eigenvalue weighted by Gasteiger charge is 2.04. The zero-order chi connectivity index (χ0) is 15.9. The second-order valence-corrected chi connectivity index (χ2v) is 4.77. The van der Waals surface area contributed by atoms with Gasteiger partial charge in [-0.15, -0.1) is 0 Å². The molecule has 2 aromatic rings. The molecule has 0 radical (unpaired) electrons. The highest BCUT2D eigenvalue weighted by molar-refractivity contribution is 6.05. The third-order valence-electron chi connectivity index (χ3n) is 3.15. The van der Waals surface area contributed by atoms with Gasteiger partial charge in [-0.1, -0.05) is 0 Å². The molecule has 4 nitrogen and oxygen atoms in total. The van der Waals surface area contributed by atoms with E-state index in [1.165, 1.54) is 0 Å². The zero-order valence-corrected chi connectivity index (χ0v) is 12.9. The average Bonchev–Trinajstić information content (AvgIpc) is 2.55. The van der Waals surface area contributed by atoms with Crippen molar-refractivity contribution in [3.05, 3.63) is 65.9 Å². The Balaban J connectivity index is 2.04. The van der Waals surface area contributed by atoms with E-state index in [-0.39, 0.29) is 5.78 Å². The van der Waals surface area contributed by atoms with Crippen LogP contribution >= 0.6 is 0 Å². The number of benzene rings is 2. The number of rotatable bonds is 6. The van der Waals surface area contributed by atoms with E-state index in [4.69, 9.17) is 9.47 Å². The van der Waals surface area contributed by atoms with E-state index in [1.807, 2.05) is 31.2 Å². The number of allylic oxidation sites excluding steroid dienone is 2. The van der Waals surface area contributed by atoms with Crippen molar-refractivity contribution in [3.8, 4) is 11.5 Å². The lowest BCUT2D eigenvalue weighted by atomic mass is 10.1. The minimum Gasteiger partial charge on any atom is -0.497 e. The molecule has 1 N–H and O–H groups in total. The van der Waals surface area contributed by atoms with E-state index < -0.39 is 0 Å². The molecule has 2 aromatic carbocycles. The Morgan fingerprint density at radius 2 is 1.41 bits per heavy atom. The molecule has 0 saturated carbocycles. The maximum Gasteiger partial charge on any atom is 0.187 e. The number of carbonyl (C=O) groups excluding carboxylic acids is 1. The van der Waals surface area contributed by atoms with Crippen molar-refractivity contribution in [2.24, 2.45) is 0 Å². The summed E-state index contributed by atoms with van der Waals surface area (Å²) in [7, 11) is 3.22. The van der Waals surface area contributed by atoms with Gasteiger partial charge in [0.25, 0.3) is 0 Å². The second kappa shape index (κ2) is 7.31. The van der Waals surface area contributed by atoms with Gasteiger partial charge in [-0.3, -0.25) is 4.79 Å². The molecular weight excluding hydrogens is 278 g/mol. The number of anilines is 1. The van der Waals surface area contributed by atoms with Gasteiger partial charge in [0, 0.05) is 23.0 Å². The maximum atomic E-state index is 12.2. The number of carbonyl (C=O) groups is 1. The molecule has 2 rings (SSSR count). The molecule has 0 saturated heterocycles. The van der Waals surface area contributed by atoms with E-state index in [9.17, 15) is 4.79 Å². The van der Waals surface area contributed by atoms with Gasteiger partial charge in [0.2, 0.25) is 0 Å². The largest absolute Gasteiger partial charge is 0.497 e. The normalized spacial score (nSPS) is 11.0. The SMILES string of the molecule is COc1ccc(N/C(C)=C\C(=O)c2ccc(OC)cc2)cc1. The number of ketones is 1. The molecule has 0 aromatic heterocycles. The second-order valence-electron chi connectivity index (χ2n) is 4.77. The van der Waals surface area contributed by atoms with Crippen molar-refractivity contribution in [2.75, 3.05) is 19.5 Å². The Bertz CT molecular complexity index is 658. The minimum atomic E-state index is -0.0545. The Morgan fingerprint density at radius 3 is 1.91 bits per heavy atom. The van der Waals surface area contributed by atoms with Crippen LogP contribution in [0.5, 0.6) is 11.5 Å². The number of methoxy groups -OCH3 is 2. The molecule has 0 unspecified atom stereocenters. The summed E-state index contributed by atoms with van der Waals surface area (Å²) in [5, 5.41) is 3.18.